The molecule has 10 heteroatoms. The Morgan fingerprint density at radius 3 is 3.00 bits per heavy atom. The second-order valence-electron chi connectivity index (χ2n) is 7.44. The molecule has 0 amide bonds. The largest absolute Gasteiger partial charge is 0.383 e. The predicted molar refractivity (Wildman–Crippen MR) is 110 cm³/mol. The van der Waals surface area contributed by atoms with Gasteiger partial charge in [0.2, 0.25) is 5.13 Å². The topological polar surface area (TPSA) is 65.5 Å². The molecular weight excluding hydrogens is 423 g/mol. The minimum Gasteiger partial charge on any atom is -0.383 e. The van der Waals surface area contributed by atoms with E-state index in [2.05, 4.69) is 22.1 Å². The fraction of sp³-hybridized carbons (Fsp3) is 0.500. The molecule has 0 spiro atoms. The first-order valence-corrected chi connectivity index (χ1v) is 11.9. The van der Waals surface area contributed by atoms with Crippen LogP contribution in [0.25, 0.3) is 0 Å². The van der Waals surface area contributed by atoms with Crippen molar-refractivity contribution >= 4 is 44.0 Å². The van der Waals surface area contributed by atoms with E-state index < -0.39 is 20.7 Å². The number of hydrogen-bond acceptors (Lipinski definition) is 6. The average Bonchev–Trinajstić information content (AvgIpc) is 3.38. The van der Waals surface area contributed by atoms with E-state index in [9.17, 15) is 12.8 Å². The molecule has 0 saturated carbocycles. The predicted octanol–water partition coefficient (Wildman–Crippen LogP) is 4.06. The van der Waals surface area contributed by atoms with Crippen molar-refractivity contribution < 1.29 is 12.8 Å². The third-order valence-electron chi connectivity index (χ3n) is 5.82. The van der Waals surface area contributed by atoms with E-state index in [1.54, 1.807) is 11.4 Å². The summed E-state index contributed by atoms with van der Waals surface area (Å²) in [5.74, 6) is -0.840. The maximum absolute atomic E-state index is 14.6. The molecule has 2 saturated heterocycles. The lowest BCUT2D eigenvalue weighted by Crippen LogP contribution is -2.46. The molecule has 2 aromatic rings. The summed E-state index contributed by atoms with van der Waals surface area (Å²) in [6, 6.07) is 4.62. The molecule has 28 heavy (non-hydrogen) atoms. The summed E-state index contributed by atoms with van der Waals surface area (Å²) in [6.45, 7) is 4.09. The van der Waals surface area contributed by atoms with Crippen molar-refractivity contribution in [2.24, 2.45) is 0 Å². The van der Waals surface area contributed by atoms with Gasteiger partial charge in [0, 0.05) is 47.2 Å². The lowest BCUT2D eigenvalue weighted by atomic mass is 9.94. The monoisotopic (exact) mass is 444 g/mol. The highest BCUT2D eigenvalue weighted by molar-refractivity contribution is 7.94. The second kappa shape index (κ2) is 7.44. The van der Waals surface area contributed by atoms with Gasteiger partial charge < -0.3 is 5.32 Å². The van der Waals surface area contributed by atoms with Crippen molar-refractivity contribution in [1.29, 1.82) is 0 Å². The molecule has 0 bridgehead atoms. The van der Waals surface area contributed by atoms with Crippen molar-refractivity contribution in [2.75, 3.05) is 22.2 Å². The lowest BCUT2D eigenvalue weighted by Gasteiger charge is -2.34. The van der Waals surface area contributed by atoms with Crippen LogP contribution < -0.4 is 9.14 Å². The minimum atomic E-state index is -4.23. The first kappa shape index (κ1) is 19.9. The van der Waals surface area contributed by atoms with Gasteiger partial charge in [0.05, 0.1) is 0 Å². The second-order valence-corrected chi connectivity index (χ2v) is 10.6. The number of nitrogens with zero attached hydrogens (tertiary/aromatic N) is 3. The number of halogens is 2. The standard InChI is InChI=1S/C18H22ClFN4O2S2/c1-13-5-7-18(6-2-9-23(13)18)12-22-14-3-4-16(15(20)11-14)28(25,26)24(19)17-21-8-10-27-17/h3-4,8,10-11,13,22H,2,5-7,9,12H2,1H3/t13-,18-/m0/s1. The fourth-order valence-corrected chi connectivity index (χ4v) is 6.63. The first-order valence-electron chi connectivity index (χ1n) is 9.24. The number of fused-ring (bicyclic) bond motifs is 1. The van der Waals surface area contributed by atoms with Gasteiger partial charge in [-0.05, 0) is 57.4 Å². The van der Waals surface area contributed by atoms with E-state index in [4.69, 9.17) is 11.8 Å². The minimum absolute atomic E-state index is 0.0686. The smallest absolute Gasteiger partial charge is 0.283 e. The number of anilines is 2. The van der Waals surface area contributed by atoms with Crippen LogP contribution >= 0.6 is 23.1 Å². The number of aromatic nitrogens is 1. The molecule has 1 aromatic heterocycles. The summed E-state index contributed by atoms with van der Waals surface area (Å²) in [5.41, 5.74) is 0.686. The number of sulfonamides is 1. The van der Waals surface area contributed by atoms with E-state index in [0.717, 1.165) is 37.3 Å². The molecule has 2 aliphatic rings. The SMILES string of the molecule is C[C@H]1CC[C@]2(CNc3ccc(S(=O)(=O)N(Cl)c4nccs4)c(F)c3)CCCN12. The van der Waals surface area contributed by atoms with Gasteiger partial charge in [-0.25, -0.2) is 9.37 Å². The molecule has 3 heterocycles. The van der Waals surface area contributed by atoms with Gasteiger partial charge >= 0.3 is 0 Å². The van der Waals surface area contributed by atoms with E-state index in [1.807, 2.05) is 0 Å². The molecule has 0 radical (unpaired) electrons. The van der Waals surface area contributed by atoms with E-state index in [0.29, 0.717) is 15.6 Å². The first-order chi connectivity index (χ1) is 13.3. The van der Waals surface area contributed by atoms with Crippen LogP contribution in [0.3, 0.4) is 0 Å². The van der Waals surface area contributed by atoms with Gasteiger partial charge in [-0.15, -0.1) is 15.2 Å². The number of thiazole rings is 1. The zero-order valence-corrected chi connectivity index (χ0v) is 17.8. The van der Waals surface area contributed by atoms with Gasteiger partial charge in [0.1, 0.15) is 10.7 Å². The third-order valence-corrected chi connectivity index (χ3v) is 8.98. The summed E-state index contributed by atoms with van der Waals surface area (Å²) >= 11 is 6.97. The maximum atomic E-state index is 14.6. The summed E-state index contributed by atoms with van der Waals surface area (Å²) in [4.78, 5) is 5.94. The Bertz CT molecular complexity index is 957. The Kier molecular flexibility index (Phi) is 5.28. The Morgan fingerprint density at radius 2 is 2.29 bits per heavy atom. The number of rotatable bonds is 6. The van der Waals surface area contributed by atoms with Crippen LogP contribution in [0.5, 0.6) is 0 Å². The molecule has 4 rings (SSSR count). The molecule has 6 nitrogen and oxygen atoms in total. The average molecular weight is 445 g/mol. The van der Waals surface area contributed by atoms with Crippen LogP contribution in [0.2, 0.25) is 0 Å². The third kappa shape index (κ3) is 3.38. The van der Waals surface area contributed by atoms with Crippen LogP contribution in [0.1, 0.15) is 32.6 Å². The van der Waals surface area contributed by atoms with Gasteiger partial charge in [-0.3, -0.25) is 4.90 Å². The quantitative estimate of drug-likeness (QED) is 0.680. The number of hydrogen-bond donors (Lipinski definition) is 1. The van der Waals surface area contributed by atoms with Crippen molar-refractivity contribution in [3.05, 3.63) is 35.6 Å². The Balaban J connectivity index is 1.51. The Hall–Kier alpha value is -1.42. The van der Waals surface area contributed by atoms with E-state index >= 15 is 0 Å². The lowest BCUT2D eigenvalue weighted by molar-refractivity contribution is 0.170. The Labute approximate surface area is 173 Å². The van der Waals surface area contributed by atoms with Crippen molar-refractivity contribution in [1.82, 2.24) is 9.88 Å². The molecule has 2 aliphatic heterocycles. The maximum Gasteiger partial charge on any atom is 0.283 e. The highest BCUT2D eigenvalue weighted by Crippen LogP contribution is 2.42. The Morgan fingerprint density at radius 1 is 1.46 bits per heavy atom. The van der Waals surface area contributed by atoms with Crippen LogP contribution in [0.4, 0.5) is 15.2 Å². The van der Waals surface area contributed by atoms with Gasteiger partial charge in [0.25, 0.3) is 10.0 Å². The molecule has 0 aliphatic carbocycles. The highest BCUT2D eigenvalue weighted by Gasteiger charge is 2.47. The summed E-state index contributed by atoms with van der Waals surface area (Å²) in [6.07, 6.45) is 6.05. The molecule has 1 N–H and O–H groups in total. The van der Waals surface area contributed by atoms with Gasteiger partial charge in [-0.1, -0.05) is 0 Å². The molecule has 152 valence electrons. The van der Waals surface area contributed by atoms with Crippen LogP contribution in [-0.2, 0) is 10.0 Å². The summed E-state index contributed by atoms with van der Waals surface area (Å²) in [5, 5.41) is 4.98. The fourth-order valence-electron chi connectivity index (χ4n) is 4.41. The molecule has 0 unspecified atom stereocenters. The normalized spacial score (nSPS) is 25.0. The molecular formula is C18H22ClFN4O2S2. The van der Waals surface area contributed by atoms with E-state index in [1.165, 1.54) is 31.2 Å². The van der Waals surface area contributed by atoms with E-state index in [-0.39, 0.29) is 10.7 Å². The van der Waals surface area contributed by atoms with Gasteiger partial charge in [-0.2, -0.15) is 8.42 Å². The summed E-state index contributed by atoms with van der Waals surface area (Å²) in [7, 11) is -4.23. The van der Waals surface area contributed by atoms with Crippen LogP contribution in [0, 0.1) is 5.82 Å². The number of benzene rings is 1. The van der Waals surface area contributed by atoms with Crippen molar-refractivity contribution in [2.45, 2.75) is 49.1 Å². The van der Waals surface area contributed by atoms with Crippen molar-refractivity contribution in [3.8, 4) is 0 Å². The molecule has 1 aromatic carbocycles. The zero-order chi connectivity index (χ0) is 19.9. The van der Waals surface area contributed by atoms with Crippen molar-refractivity contribution in [3.63, 3.8) is 0 Å². The van der Waals surface area contributed by atoms with Gasteiger partial charge in [0.15, 0.2) is 0 Å². The molecule has 2 atom stereocenters. The highest BCUT2D eigenvalue weighted by atomic mass is 35.5. The summed E-state index contributed by atoms with van der Waals surface area (Å²) < 4.78 is 40.3. The van der Waals surface area contributed by atoms with Crippen LogP contribution in [0.15, 0.2) is 34.7 Å². The van der Waals surface area contributed by atoms with Crippen LogP contribution in [-0.4, -0.2) is 43.0 Å². The number of nitrogens with one attached hydrogen (secondary N) is 1. The molecule has 2 fully saturated rings. The zero-order valence-electron chi connectivity index (χ0n) is 15.4.